The molecule has 2 N–H and O–H groups in total. The van der Waals surface area contributed by atoms with Gasteiger partial charge in [-0.2, -0.15) is 0 Å². The van der Waals surface area contributed by atoms with E-state index in [4.69, 9.17) is 0 Å². The zero-order valence-electron chi connectivity index (χ0n) is 12.9. The third-order valence-corrected chi connectivity index (χ3v) is 5.51. The highest BCUT2D eigenvalue weighted by atomic mass is 32.2. The van der Waals surface area contributed by atoms with Crippen LogP contribution in [0.25, 0.3) is 0 Å². The van der Waals surface area contributed by atoms with Crippen LogP contribution in [-0.2, 0) is 16.4 Å². The number of benzene rings is 1. The second kappa shape index (κ2) is 7.38. The molecule has 5 heteroatoms. The molecule has 1 aliphatic carbocycles. The molecule has 1 aromatic rings. The van der Waals surface area contributed by atoms with Gasteiger partial charge in [0.25, 0.3) is 0 Å². The van der Waals surface area contributed by atoms with Gasteiger partial charge in [0.05, 0.1) is 4.90 Å². The van der Waals surface area contributed by atoms with Crippen LogP contribution in [0.5, 0.6) is 0 Å². The number of hydrogen-bond donors (Lipinski definition) is 2. The summed E-state index contributed by atoms with van der Waals surface area (Å²) in [5, 5.41) is 3.34. The van der Waals surface area contributed by atoms with Crippen molar-refractivity contribution in [1.82, 2.24) is 10.0 Å². The van der Waals surface area contributed by atoms with Crippen LogP contribution in [0.3, 0.4) is 0 Å². The lowest BCUT2D eigenvalue weighted by atomic mass is 10.1. The smallest absolute Gasteiger partial charge is 0.240 e. The second-order valence-electron chi connectivity index (χ2n) is 5.78. The van der Waals surface area contributed by atoms with Crippen molar-refractivity contribution in [2.45, 2.75) is 50.5 Å². The molecule has 118 valence electrons. The van der Waals surface area contributed by atoms with E-state index in [1.807, 2.05) is 12.1 Å². The Morgan fingerprint density at radius 3 is 2.43 bits per heavy atom. The Labute approximate surface area is 128 Å². The molecule has 4 nitrogen and oxygen atoms in total. The van der Waals surface area contributed by atoms with Crippen molar-refractivity contribution in [3.63, 3.8) is 0 Å². The lowest BCUT2D eigenvalue weighted by Crippen LogP contribution is -2.27. The molecule has 0 aromatic heterocycles. The number of rotatable bonds is 9. The molecule has 21 heavy (non-hydrogen) atoms. The van der Waals surface area contributed by atoms with Crippen LogP contribution in [0.4, 0.5) is 0 Å². The molecule has 2 atom stereocenters. The van der Waals surface area contributed by atoms with E-state index in [1.165, 1.54) is 0 Å². The fourth-order valence-corrected chi connectivity index (χ4v) is 3.80. The second-order valence-corrected chi connectivity index (χ2v) is 7.49. The molecule has 0 aliphatic heterocycles. The molecule has 1 saturated carbocycles. The lowest BCUT2D eigenvalue weighted by Gasteiger charge is -2.08. The molecule has 0 heterocycles. The van der Waals surface area contributed by atoms with Gasteiger partial charge in [0.2, 0.25) is 10.0 Å². The van der Waals surface area contributed by atoms with Crippen molar-refractivity contribution in [2.24, 2.45) is 5.92 Å². The molecule has 0 spiro atoms. The summed E-state index contributed by atoms with van der Waals surface area (Å²) in [7, 11) is -3.35. The molecule has 1 aliphatic rings. The van der Waals surface area contributed by atoms with Gasteiger partial charge in [0, 0.05) is 6.04 Å². The first-order valence-corrected chi connectivity index (χ1v) is 9.37. The van der Waals surface area contributed by atoms with Gasteiger partial charge in [-0.05, 0) is 56.0 Å². The first kappa shape index (κ1) is 16.5. The van der Waals surface area contributed by atoms with E-state index in [2.05, 4.69) is 23.9 Å². The molecule has 0 amide bonds. The normalized spacial score (nSPS) is 21.4. The van der Waals surface area contributed by atoms with E-state index in [0.717, 1.165) is 44.3 Å². The largest absolute Gasteiger partial charge is 0.316 e. The molecule has 1 aromatic carbocycles. The number of hydrogen-bond acceptors (Lipinski definition) is 3. The maximum atomic E-state index is 12.2. The topological polar surface area (TPSA) is 58.2 Å². The van der Waals surface area contributed by atoms with Gasteiger partial charge in [-0.1, -0.05) is 32.4 Å². The summed E-state index contributed by atoms with van der Waals surface area (Å²) >= 11 is 0. The molecule has 0 radical (unpaired) electrons. The summed E-state index contributed by atoms with van der Waals surface area (Å²) in [6.45, 7) is 6.19. The fraction of sp³-hybridized carbons (Fsp3) is 0.625. The van der Waals surface area contributed by atoms with Crippen molar-refractivity contribution >= 4 is 10.0 Å². The van der Waals surface area contributed by atoms with Crippen molar-refractivity contribution in [1.29, 1.82) is 0 Å². The third kappa shape index (κ3) is 4.80. The van der Waals surface area contributed by atoms with Gasteiger partial charge in [0.15, 0.2) is 0 Å². The van der Waals surface area contributed by atoms with Gasteiger partial charge in [0.1, 0.15) is 0 Å². The monoisotopic (exact) mass is 310 g/mol. The first-order chi connectivity index (χ1) is 10.1. The highest BCUT2D eigenvalue weighted by molar-refractivity contribution is 7.89. The molecule has 0 bridgehead atoms. The van der Waals surface area contributed by atoms with Crippen molar-refractivity contribution in [3.05, 3.63) is 29.8 Å². The minimum atomic E-state index is -3.35. The molecule has 2 unspecified atom stereocenters. The summed E-state index contributed by atoms with van der Waals surface area (Å²) in [5.41, 5.74) is 1.16. The Bertz CT molecular complexity index is 540. The number of sulfonamides is 1. The Morgan fingerprint density at radius 1 is 1.14 bits per heavy atom. The fourth-order valence-electron chi connectivity index (χ4n) is 2.48. The predicted octanol–water partition coefficient (Wildman–Crippen LogP) is 2.31. The minimum Gasteiger partial charge on any atom is -0.316 e. The molecule has 0 saturated heterocycles. The predicted molar refractivity (Wildman–Crippen MR) is 85.8 cm³/mol. The first-order valence-electron chi connectivity index (χ1n) is 7.88. The molecular weight excluding hydrogens is 284 g/mol. The summed E-state index contributed by atoms with van der Waals surface area (Å²) in [6.07, 6.45) is 4.06. The average Bonchev–Trinajstić information content (AvgIpc) is 3.21. The summed E-state index contributed by atoms with van der Waals surface area (Å²) in [4.78, 5) is 0.370. The van der Waals surface area contributed by atoms with Crippen LogP contribution in [0.2, 0.25) is 0 Å². The highest BCUT2D eigenvalue weighted by Gasteiger charge is 2.38. The van der Waals surface area contributed by atoms with Crippen LogP contribution in [0.15, 0.2) is 29.2 Å². The van der Waals surface area contributed by atoms with Crippen LogP contribution in [0.1, 0.15) is 38.7 Å². The van der Waals surface area contributed by atoms with Gasteiger partial charge >= 0.3 is 0 Å². The van der Waals surface area contributed by atoms with Gasteiger partial charge in [-0.3, -0.25) is 0 Å². The van der Waals surface area contributed by atoms with Crippen molar-refractivity contribution in [3.8, 4) is 0 Å². The zero-order valence-corrected chi connectivity index (χ0v) is 13.7. The van der Waals surface area contributed by atoms with E-state index < -0.39 is 10.0 Å². The summed E-state index contributed by atoms with van der Waals surface area (Å²) in [6, 6.07) is 7.37. The SMILES string of the molecule is CCCNCCc1ccc(S(=O)(=O)NC2CC2CC)cc1. The van der Waals surface area contributed by atoms with Crippen molar-refractivity contribution < 1.29 is 8.42 Å². The van der Waals surface area contributed by atoms with Crippen LogP contribution < -0.4 is 10.0 Å². The lowest BCUT2D eigenvalue weighted by molar-refractivity contribution is 0.576. The Hall–Kier alpha value is -0.910. The van der Waals surface area contributed by atoms with E-state index in [9.17, 15) is 8.42 Å². The Balaban J connectivity index is 1.88. The highest BCUT2D eigenvalue weighted by Crippen LogP contribution is 2.34. The van der Waals surface area contributed by atoms with E-state index in [-0.39, 0.29) is 6.04 Å². The minimum absolute atomic E-state index is 0.137. The molecule has 1 fully saturated rings. The van der Waals surface area contributed by atoms with Crippen LogP contribution >= 0.6 is 0 Å². The van der Waals surface area contributed by atoms with Gasteiger partial charge in [-0.15, -0.1) is 0 Å². The van der Waals surface area contributed by atoms with Crippen LogP contribution in [-0.4, -0.2) is 27.5 Å². The average molecular weight is 310 g/mol. The quantitative estimate of drug-likeness (QED) is 0.688. The summed E-state index contributed by atoms with van der Waals surface area (Å²) in [5.74, 6) is 0.517. The third-order valence-electron chi connectivity index (χ3n) is 4.00. The van der Waals surface area contributed by atoms with E-state index >= 15 is 0 Å². The zero-order chi connectivity index (χ0) is 15.3. The number of nitrogens with one attached hydrogen (secondary N) is 2. The molecular formula is C16H26N2O2S. The maximum Gasteiger partial charge on any atom is 0.240 e. The van der Waals surface area contributed by atoms with Gasteiger partial charge in [-0.25, -0.2) is 13.1 Å². The Kier molecular flexibility index (Phi) is 5.79. The summed E-state index contributed by atoms with van der Waals surface area (Å²) < 4.78 is 27.2. The van der Waals surface area contributed by atoms with Crippen molar-refractivity contribution in [2.75, 3.05) is 13.1 Å². The van der Waals surface area contributed by atoms with Gasteiger partial charge < -0.3 is 5.32 Å². The standard InChI is InChI=1S/C16H26N2O2S/c1-3-10-17-11-9-13-5-7-15(8-6-13)21(19,20)18-16-12-14(16)4-2/h5-8,14,16-18H,3-4,9-12H2,1-2H3. The van der Waals surface area contributed by atoms with E-state index in [0.29, 0.717) is 10.8 Å². The molecule has 2 rings (SSSR count). The van der Waals surface area contributed by atoms with Crippen LogP contribution in [0, 0.1) is 5.92 Å². The Morgan fingerprint density at radius 2 is 1.86 bits per heavy atom. The van der Waals surface area contributed by atoms with E-state index in [1.54, 1.807) is 12.1 Å². The maximum absolute atomic E-state index is 12.2.